The van der Waals surface area contributed by atoms with Gasteiger partial charge in [0.25, 0.3) is 0 Å². The van der Waals surface area contributed by atoms with Gasteiger partial charge in [0.15, 0.2) is 0 Å². The van der Waals surface area contributed by atoms with Crippen molar-refractivity contribution in [2.24, 2.45) is 11.7 Å². The minimum atomic E-state index is -0.0341. The maximum Gasteiger partial charge on any atom is 0.235 e. The fourth-order valence-electron chi connectivity index (χ4n) is 3.49. The van der Waals surface area contributed by atoms with Crippen molar-refractivity contribution in [2.75, 3.05) is 19.6 Å². The average Bonchev–Trinajstić information content (AvgIpc) is 3.11. The third kappa shape index (κ3) is 4.44. The number of carbonyl (C=O) groups excluding carboxylic acids is 1. The molecule has 132 valence electrons. The normalized spacial score (nSPS) is 21.3. The lowest BCUT2D eigenvalue weighted by molar-refractivity contribution is -0.129. The van der Waals surface area contributed by atoms with E-state index in [1.807, 2.05) is 36.1 Å². The van der Waals surface area contributed by atoms with Gasteiger partial charge in [0.2, 0.25) is 5.91 Å². The molecule has 1 saturated heterocycles. The molecule has 2 aromatic carbocycles. The standard InChI is InChI=1S/C21H26N2OS/c1-16(25-15-17-8-4-2-5-9-17)21(24)23-13-19(12-22)20(14-23)18-10-6-3-7-11-18/h2-11,16,19-20H,12-15,22H2,1H3/t16?,19-,20+/m1/s1. The van der Waals surface area contributed by atoms with Crippen LogP contribution in [0.1, 0.15) is 24.0 Å². The summed E-state index contributed by atoms with van der Waals surface area (Å²) in [4.78, 5) is 14.9. The van der Waals surface area contributed by atoms with Crippen LogP contribution in [-0.4, -0.2) is 35.7 Å². The van der Waals surface area contributed by atoms with Gasteiger partial charge in [0, 0.05) is 24.8 Å². The second kappa shape index (κ2) is 8.54. The lowest BCUT2D eigenvalue weighted by Gasteiger charge is -2.21. The van der Waals surface area contributed by atoms with E-state index in [9.17, 15) is 4.79 Å². The number of rotatable bonds is 6. The summed E-state index contributed by atoms with van der Waals surface area (Å²) in [6.45, 7) is 4.18. The second-order valence-electron chi connectivity index (χ2n) is 6.70. The van der Waals surface area contributed by atoms with E-state index in [1.54, 1.807) is 11.8 Å². The molecule has 1 fully saturated rings. The molecule has 1 aliphatic rings. The SMILES string of the molecule is CC(SCc1ccccc1)C(=O)N1C[C@@H](CN)[C@H](c2ccccc2)C1. The molecule has 1 unspecified atom stereocenters. The van der Waals surface area contributed by atoms with Crippen LogP contribution in [0.25, 0.3) is 0 Å². The molecule has 1 aliphatic heterocycles. The smallest absolute Gasteiger partial charge is 0.235 e. The molecule has 25 heavy (non-hydrogen) atoms. The lowest BCUT2D eigenvalue weighted by Crippen LogP contribution is -2.35. The Morgan fingerprint density at radius 1 is 1.12 bits per heavy atom. The van der Waals surface area contributed by atoms with Crippen LogP contribution in [0, 0.1) is 5.92 Å². The van der Waals surface area contributed by atoms with E-state index in [-0.39, 0.29) is 11.2 Å². The summed E-state index contributed by atoms with van der Waals surface area (Å²) < 4.78 is 0. The van der Waals surface area contributed by atoms with Gasteiger partial charge < -0.3 is 10.6 Å². The van der Waals surface area contributed by atoms with Crippen LogP contribution in [0.3, 0.4) is 0 Å². The van der Waals surface area contributed by atoms with Gasteiger partial charge in [-0.15, -0.1) is 11.8 Å². The monoisotopic (exact) mass is 354 g/mol. The van der Waals surface area contributed by atoms with Crippen LogP contribution in [0.4, 0.5) is 0 Å². The van der Waals surface area contributed by atoms with Gasteiger partial charge >= 0.3 is 0 Å². The zero-order valence-electron chi connectivity index (χ0n) is 14.7. The van der Waals surface area contributed by atoms with Crippen molar-refractivity contribution in [3.63, 3.8) is 0 Å². The minimum Gasteiger partial charge on any atom is -0.341 e. The molecule has 3 atom stereocenters. The Bertz CT molecular complexity index is 677. The number of amides is 1. The maximum absolute atomic E-state index is 12.9. The molecule has 1 heterocycles. The molecule has 3 nitrogen and oxygen atoms in total. The van der Waals surface area contributed by atoms with Crippen molar-refractivity contribution in [3.8, 4) is 0 Å². The molecule has 0 aliphatic carbocycles. The topological polar surface area (TPSA) is 46.3 Å². The minimum absolute atomic E-state index is 0.0341. The van der Waals surface area contributed by atoms with Gasteiger partial charge in [-0.1, -0.05) is 60.7 Å². The number of thioether (sulfide) groups is 1. The van der Waals surface area contributed by atoms with Crippen molar-refractivity contribution >= 4 is 17.7 Å². The summed E-state index contributed by atoms with van der Waals surface area (Å²) in [6, 6.07) is 20.8. The highest BCUT2D eigenvalue weighted by Crippen LogP contribution is 2.33. The summed E-state index contributed by atoms with van der Waals surface area (Å²) >= 11 is 1.71. The van der Waals surface area contributed by atoms with E-state index in [1.165, 1.54) is 11.1 Å². The molecular weight excluding hydrogens is 328 g/mol. The van der Waals surface area contributed by atoms with Gasteiger partial charge in [0.1, 0.15) is 0 Å². The van der Waals surface area contributed by atoms with Crippen LogP contribution in [-0.2, 0) is 10.5 Å². The molecule has 2 aromatic rings. The third-order valence-corrected chi connectivity index (χ3v) is 6.18. The van der Waals surface area contributed by atoms with Crippen molar-refractivity contribution in [2.45, 2.75) is 23.8 Å². The number of benzene rings is 2. The van der Waals surface area contributed by atoms with Crippen LogP contribution < -0.4 is 5.73 Å². The van der Waals surface area contributed by atoms with Crippen molar-refractivity contribution < 1.29 is 4.79 Å². The fourth-order valence-corrected chi connectivity index (χ4v) is 4.42. The number of nitrogens with zero attached hydrogens (tertiary/aromatic N) is 1. The quantitative estimate of drug-likeness (QED) is 0.863. The number of hydrogen-bond donors (Lipinski definition) is 1. The second-order valence-corrected chi connectivity index (χ2v) is 8.02. The first kappa shape index (κ1) is 18.0. The Balaban J connectivity index is 1.60. The molecular formula is C21H26N2OS. The Morgan fingerprint density at radius 3 is 2.40 bits per heavy atom. The van der Waals surface area contributed by atoms with E-state index < -0.39 is 0 Å². The maximum atomic E-state index is 12.9. The molecule has 0 aromatic heterocycles. The van der Waals surface area contributed by atoms with Gasteiger partial charge in [-0.3, -0.25) is 4.79 Å². The molecule has 3 rings (SSSR count). The predicted molar refractivity (Wildman–Crippen MR) is 106 cm³/mol. The Hall–Kier alpha value is -1.78. The Morgan fingerprint density at radius 2 is 1.76 bits per heavy atom. The van der Waals surface area contributed by atoms with Crippen molar-refractivity contribution in [1.82, 2.24) is 4.90 Å². The molecule has 0 radical (unpaired) electrons. The molecule has 1 amide bonds. The highest BCUT2D eigenvalue weighted by Gasteiger charge is 2.36. The van der Waals surface area contributed by atoms with Gasteiger partial charge in [-0.25, -0.2) is 0 Å². The average molecular weight is 355 g/mol. The van der Waals surface area contributed by atoms with E-state index in [0.717, 1.165) is 18.8 Å². The van der Waals surface area contributed by atoms with Crippen molar-refractivity contribution in [3.05, 3.63) is 71.8 Å². The Labute approximate surface area is 154 Å². The van der Waals surface area contributed by atoms with E-state index in [2.05, 4.69) is 36.4 Å². The summed E-state index contributed by atoms with van der Waals surface area (Å²) in [5.74, 6) is 1.79. The van der Waals surface area contributed by atoms with Crippen LogP contribution in [0.15, 0.2) is 60.7 Å². The first-order chi connectivity index (χ1) is 12.2. The fraction of sp³-hybridized carbons (Fsp3) is 0.381. The molecule has 4 heteroatoms. The molecule has 0 saturated carbocycles. The summed E-state index contributed by atoms with van der Waals surface area (Å²) in [6.07, 6.45) is 0. The van der Waals surface area contributed by atoms with Gasteiger partial charge in [0.05, 0.1) is 5.25 Å². The first-order valence-electron chi connectivity index (χ1n) is 8.88. The Kier molecular flexibility index (Phi) is 6.16. The number of nitrogens with two attached hydrogens (primary N) is 1. The highest BCUT2D eigenvalue weighted by molar-refractivity contribution is 7.99. The largest absolute Gasteiger partial charge is 0.341 e. The van der Waals surface area contributed by atoms with E-state index in [0.29, 0.717) is 18.4 Å². The third-order valence-electron chi connectivity index (χ3n) is 4.97. The zero-order chi connectivity index (χ0) is 17.6. The number of likely N-dealkylation sites (tertiary alicyclic amines) is 1. The lowest BCUT2D eigenvalue weighted by atomic mass is 9.89. The van der Waals surface area contributed by atoms with Crippen molar-refractivity contribution in [1.29, 1.82) is 0 Å². The molecule has 0 spiro atoms. The van der Waals surface area contributed by atoms with Gasteiger partial charge in [-0.05, 0) is 30.5 Å². The van der Waals surface area contributed by atoms with Crippen LogP contribution in [0.2, 0.25) is 0 Å². The first-order valence-corrected chi connectivity index (χ1v) is 9.93. The van der Waals surface area contributed by atoms with Crippen LogP contribution >= 0.6 is 11.8 Å². The van der Waals surface area contributed by atoms with E-state index in [4.69, 9.17) is 5.73 Å². The summed E-state index contributed by atoms with van der Waals surface area (Å²) in [5.41, 5.74) is 8.54. The molecule has 2 N–H and O–H groups in total. The summed E-state index contributed by atoms with van der Waals surface area (Å²) in [5, 5.41) is -0.0341. The predicted octanol–water partition coefficient (Wildman–Crippen LogP) is 3.51. The molecule has 0 bridgehead atoms. The van der Waals surface area contributed by atoms with Crippen LogP contribution in [0.5, 0.6) is 0 Å². The van der Waals surface area contributed by atoms with Gasteiger partial charge in [-0.2, -0.15) is 0 Å². The zero-order valence-corrected chi connectivity index (χ0v) is 15.5. The highest BCUT2D eigenvalue weighted by atomic mass is 32.2. The summed E-state index contributed by atoms with van der Waals surface area (Å²) in [7, 11) is 0. The van der Waals surface area contributed by atoms with E-state index >= 15 is 0 Å². The number of hydrogen-bond acceptors (Lipinski definition) is 3. The number of carbonyl (C=O) groups is 1.